The summed E-state index contributed by atoms with van der Waals surface area (Å²) in [7, 11) is 5.29. The zero-order valence-electron chi connectivity index (χ0n) is 22.8. The minimum absolute atomic E-state index is 0.106. The zero-order valence-corrected chi connectivity index (χ0v) is 22.8. The van der Waals surface area contributed by atoms with Gasteiger partial charge in [0.05, 0.1) is 36.0 Å². The van der Waals surface area contributed by atoms with Gasteiger partial charge >= 0.3 is 5.97 Å². The molecule has 1 aromatic heterocycles. The molecule has 0 bridgehead atoms. The van der Waals surface area contributed by atoms with E-state index in [1.54, 1.807) is 19.4 Å². The summed E-state index contributed by atoms with van der Waals surface area (Å²) in [5.41, 5.74) is 1.13. The molecule has 40 heavy (non-hydrogen) atoms. The first-order valence-electron chi connectivity index (χ1n) is 13.1. The van der Waals surface area contributed by atoms with E-state index in [0.29, 0.717) is 49.3 Å². The fraction of sp³-hybridized carbons (Fsp3) is 0.448. The molecule has 3 aromatic rings. The molecule has 0 spiro atoms. The van der Waals surface area contributed by atoms with Crippen molar-refractivity contribution in [2.24, 2.45) is 5.41 Å². The minimum atomic E-state index is -1.55. The fourth-order valence-electron chi connectivity index (χ4n) is 5.26. The van der Waals surface area contributed by atoms with Gasteiger partial charge in [0.2, 0.25) is 0 Å². The molecule has 1 atom stereocenters. The normalized spacial score (nSPS) is 16.1. The van der Waals surface area contributed by atoms with Crippen LogP contribution in [0.4, 0.5) is 18.9 Å². The second-order valence-corrected chi connectivity index (χ2v) is 10.4. The molecule has 0 aliphatic carbocycles. The lowest BCUT2D eigenvalue weighted by molar-refractivity contribution is -0.153. The predicted octanol–water partition coefficient (Wildman–Crippen LogP) is 4.79. The number of aromatic nitrogens is 1. The SMILES string of the molecule is COc1ccc2ncc(N(C)C)c(C(O)CCC3(C(=O)O)CCN(CCOc4cc(F)c(F)c(F)c4)CC3)c2c1. The number of carbonyl (C=O) groups is 1. The van der Waals surface area contributed by atoms with Crippen LogP contribution in [0.1, 0.15) is 37.4 Å². The number of carboxylic acid groups (broad SMARTS) is 1. The maximum absolute atomic E-state index is 13.4. The number of aliphatic hydroxyl groups excluding tert-OH is 1. The number of methoxy groups -OCH3 is 1. The smallest absolute Gasteiger partial charge is 0.309 e. The van der Waals surface area contributed by atoms with Gasteiger partial charge in [-0.05, 0) is 57.0 Å². The Morgan fingerprint density at radius 2 is 1.80 bits per heavy atom. The molecule has 1 fully saturated rings. The molecular weight excluding hydrogens is 527 g/mol. The largest absolute Gasteiger partial charge is 0.497 e. The highest BCUT2D eigenvalue weighted by Crippen LogP contribution is 2.41. The van der Waals surface area contributed by atoms with Crippen molar-refractivity contribution in [3.8, 4) is 11.5 Å². The van der Waals surface area contributed by atoms with Crippen LogP contribution in [0.3, 0.4) is 0 Å². The molecule has 8 nitrogen and oxygen atoms in total. The van der Waals surface area contributed by atoms with Gasteiger partial charge < -0.3 is 24.6 Å². The topological polar surface area (TPSA) is 95.4 Å². The molecular formula is C29H34F3N3O5. The summed E-state index contributed by atoms with van der Waals surface area (Å²) in [5, 5.41) is 22.3. The van der Waals surface area contributed by atoms with Crippen LogP contribution in [0, 0.1) is 22.9 Å². The van der Waals surface area contributed by atoms with E-state index >= 15 is 0 Å². The van der Waals surface area contributed by atoms with Crippen molar-refractivity contribution in [2.75, 3.05) is 52.3 Å². The number of pyridine rings is 1. The van der Waals surface area contributed by atoms with Crippen molar-refractivity contribution < 1.29 is 37.7 Å². The molecule has 1 unspecified atom stereocenters. The van der Waals surface area contributed by atoms with E-state index < -0.39 is 34.9 Å². The summed E-state index contributed by atoms with van der Waals surface area (Å²) < 4.78 is 50.7. The number of nitrogens with zero attached hydrogens (tertiary/aromatic N) is 3. The maximum atomic E-state index is 13.4. The molecule has 2 N–H and O–H groups in total. The van der Waals surface area contributed by atoms with Crippen molar-refractivity contribution in [2.45, 2.75) is 31.8 Å². The van der Waals surface area contributed by atoms with Gasteiger partial charge in [-0.2, -0.15) is 0 Å². The monoisotopic (exact) mass is 561 g/mol. The van der Waals surface area contributed by atoms with Gasteiger partial charge in [-0.1, -0.05) is 0 Å². The summed E-state index contributed by atoms with van der Waals surface area (Å²) in [6.45, 7) is 1.48. The van der Waals surface area contributed by atoms with Crippen LogP contribution in [-0.4, -0.2) is 73.5 Å². The number of likely N-dealkylation sites (tertiary alicyclic amines) is 1. The number of benzene rings is 2. The number of piperidine rings is 1. The van der Waals surface area contributed by atoms with Gasteiger partial charge in [-0.15, -0.1) is 0 Å². The first kappa shape index (κ1) is 29.4. The van der Waals surface area contributed by atoms with Crippen molar-refractivity contribution in [3.63, 3.8) is 0 Å². The Morgan fingerprint density at radius 3 is 2.40 bits per heavy atom. The fourth-order valence-corrected chi connectivity index (χ4v) is 5.26. The van der Waals surface area contributed by atoms with Gasteiger partial charge in [0.25, 0.3) is 0 Å². The van der Waals surface area contributed by atoms with Gasteiger partial charge in [0, 0.05) is 43.7 Å². The summed E-state index contributed by atoms with van der Waals surface area (Å²) in [6, 6.07) is 7.04. The lowest BCUT2D eigenvalue weighted by Crippen LogP contribution is -2.45. The van der Waals surface area contributed by atoms with Gasteiger partial charge in [-0.3, -0.25) is 14.7 Å². The van der Waals surface area contributed by atoms with Crippen LogP contribution in [-0.2, 0) is 4.79 Å². The highest BCUT2D eigenvalue weighted by Gasteiger charge is 2.41. The van der Waals surface area contributed by atoms with Crippen LogP contribution in [0.5, 0.6) is 11.5 Å². The number of carboxylic acids is 1. The number of fused-ring (bicyclic) bond motifs is 1. The van der Waals surface area contributed by atoms with Crippen molar-refractivity contribution in [1.82, 2.24) is 9.88 Å². The average Bonchev–Trinajstić information content (AvgIpc) is 2.94. The Balaban J connectivity index is 1.40. The maximum Gasteiger partial charge on any atom is 0.309 e. The van der Waals surface area contributed by atoms with Crippen LogP contribution < -0.4 is 14.4 Å². The molecule has 4 rings (SSSR count). The summed E-state index contributed by atoms with van der Waals surface area (Å²) in [6.07, 6.45) is 2.06. The standard InChI is InChI=1S/C29H34F3N3O5/c1-34(2)24-17-33-23-5-4-18(39-3)14-20(23)26(24)25(36)6-7-29(28(37)38)8-10-35(11-9-29)12-13-40-19-15-21(30)27(32)22(31)16-19/h4-5,14-17,25,36H,6-13H2,1-3H3,(H,37,38). The second-order valence-electron chi connectivity index (χ2n) is 10.4. The third kappa shape index (κ3) is 6.26. The van der Waals surface area contributed by atoms with Crippen LogP contribution in [0.25, 0.3) is 10.9 Å². The Kier molecular flexibility index (Phi) is 9.05. The molecule has 1 aliphatic rings. The van der Waals surface area contributed by atoms with Gasteiger partial charge in [0.1, 0.15) is 18.1 Å². The number of hydrogen-bond acceptors (Lipinski definition) is 7. The van der Waals surface area contributed by atoms with E-state index in [1.165, 1.54) is 0 Å². The third-order valence-electron chi connectivity index (χ3n) is 7.71. The number of ether oxygens (including phenoxy) is 2. The molecule has 0 amide bonds. The van der Waals surface area contributed by atoms with E-state index in [1.807, 2.05) is 36.0 Å². The summed E-state index contributed by atoms with van der Waals surface area (Å²) in [4.78, 5) is 20.8. The van der Waals surface area contributed by atoms with Gasteiger partial charge in [0.15, 0.2) is 17.5 Å². The van der Waals surface area contributed by atoms with Crippen LogP contribution in [0.15, 0.2) is 36.5 Å². The highest BCUT2D eigenvalue weighted by atomic mass is 19.2. The molecule has 2 aromatic carbocycles. The summed E-state index contributed by atoms with van der Waals surface area (Å²) in [5.74, 6) is -4.57. The zero-order chi connectivity index (χ0) is 29.0. The average molecular weight is 562 g/mol. The van der Waals surface area contributed by atoms with E-state index in [2.05, 4.69) is 4.98 Å². The molecule has 2 heterocycles. The first-order chi connectivity index (χ1) is 19.0. The van der Waals surface area contributed by atoms with Crippen LogP contribution in [0.2, 0.25) is 0 Å². The molecule has 216 valence electrons. The molecule has 1 saturated heterocycles. The predicted molar refractivity (Wildman–Crippen MR) is 144 cm³/mol. The lowest BCUT2D eigenvalue weighted by Gasteiger charge is -2.39. The van der Waals surface area contributed by atoms with E-state index in [-0.39, 0.29) is 25.2 Å². The van der Waals surface area contributed by atoms with Crippen molar-refractivity contribution in [3.05, 3.63) is 59.5 Å². The van der Waals surface area contributed by atoms with Crippen molar-refractivity contribution >= 4 is 22.6 Å². The highest BCUT2D eigenvalue weighted by molar-refractivity contribution is 5.88. The Labute approximate surface area is 230 Å². The van der Waals surface area contributed by atoms with Gasteiger partial charge in [-0.25, -0.2) is 13.2 Å². The number of halogens is 3. The quantitative estimate of drug-likeness (QED) is 0.323. The Hall–Kier alpha value is -3.57. The third-order valence-corrected chi connectivity index (χ3v) is 7.71. The Morgan fingerprint density at radius 1 is 1.12 bits per heavy atom. The number of aliphatic hydroxyl groups is 1. The van der Waals surface area contributed by atoms with Crippen molar-refractivity contribution in [1.29, 1.82) is 0 Å². The molecule has 0 radical (unpaired) electrons. The number of anilines is 1. The summed E-state index contributed by atoms with van der Waals surface area (Å²) >= 11 is 0. The second kappa shape index (κ2) is 12.3. The Bertz CT molecular complexity index is 1340. The minimum Gasteiger partial charge on any atom is -0.497 e. The van der Waals surface area contributed by atoms with E-state index in [9.17, 15) is 28.2 Å². The molecule has 11 heteroatoms. The van der Waals surface area contributed by atoms with E-state index in [0.717, 1.165) is 23.2 Å². The number of aliphatic carboxylic acids is 1. The first-order valence-corrected chi connectivity index (χ1v) is 13.1. The number of rotatable bonds is 11. The van der Waals surface area contributed by atoms with Crippen LogP contribution >= 0.6 is 0 Å². The molecule has 1 aliphatic heterocycles. The molecule has 0 saturated carbocycles. The number of hydrogen-bond donors (Lipinski definition) is 2. The van der Waals surface area contributed by atoms with E-state index in [4.69, 9.17) is 9.47 Å². The lowest BCUT2D eigenvalue weighted by atomic mass is 9.74.